The number of nitrogens with zero attached hydrogens (tertiary/aromatic N) is 1. The summed E-state index contributed by atoms with van der Waals surface area (Å²) in [7, 11) is 3.02. The highest BCUT2D eigenvalue weighted by Crippen LogP contribution is 2.47. The lowest BCUT2D eigenvalue weighted by atomic mass is 10.0. The first-order valence-electron chi connectivity index (χ1n) is 5.13. The van der Waals surface area contributed by atoms with Crippen molar-refractivity contribution in [1.29, 1.82) is 0 Å². The fourth-order valence-corrected chi connectivity index (χ4v) is 1.63. The SMILES string of the molecule is CNC(=O)C1(C(=O)N(C)CCC(=O)O)CC1. The predicted molar refractivity (Wildman–Crippen MR) is 55.6 cm³/mol. The van der Waals surface area contributed by atoms with E-state index in [0.29, 0.717) is 12.8 Å². The van der Waals surface area contributed by atoms with Gasteiger partial charge in [0.15, 0.2) is 0 Å². The van der Waals surface area contributed by atoms with E-state index in [4.69, 9.17) is 5.11 Å². The van der Waals surface area contributed by atoms with Gasteiger partial charge in [0.05, 0.1) is 6.42 Å². The van der Waals surface area contributed by atoms with Crippen LogP contribution >= 0.6 is 0 Å². The van der Waals surface area contributed by atoms with Crippen LogP contribution in [0.5, 0.6) is 0 Å². The zero-order valence-electron chi connectivity index (χ0n) is 9.45. The number of hydrogen-bond donors (Lipinski definition) is 2. The molecule has 1 fully saturated rings. The van der Waals surface area contributed by atoms with Crippen LogP contribution in [-0.2, 0) is 14.4 Å². The molecule has 0 aromatic carbocycles. The number of carboxylic acid groups (broad SMARTS) is 1. The number of hydrogen-bond acceptors (Lipinski definition) is 3. The van der Waals surface area contributed by atoms with E-state index in [2.05, 4.69) is 5.32 Å². The Labute approximate surface area is 93.6 Å². The van der Waals surface area contributed by atoms with E-state index in [1.54, 1.807) is 0 Å². The molecule has 1 saturated carbocycles. The van der Waals surface area contributed by atoms with Gasteiger partial charge in [-0.05, 0) is 12.8 Å². The molecule has 0 radical (unpaired) electrons. The second-order valence-corrected chi connectivity index (χ2v) is 4.03. The monoisotopic (exact) mass is 228 g/mol. The summed E-state index contributed by atoms with van der Waals surface area (Å²) in [5, 5.41) is 11.0. The van der Waals surface area contributed by atoms with E-state index in [0.717, 1.165) is 0 Å². The molecule has 2 N–H and O–H groups in total. The molecule has 1 aliphatic carbocycles. The van der Waals surface area contributed by atoms with Gasteiger partial charge in [-0.25, -0.2) is 0 Å². The Morgan fingerprint density at radius 2 is 1.94 bits per heavy atom. The van der Waals surface area contributed by atoms with E-state index in [9.17, 15) is 14.4 Å². The lowest BCUT2D eigenvalue weighted by Crippen LogP contribution is -2.43. The average Bonchev–Trinajstić information content (AvgIpc) is 3.04. The van der Waals surface area contributed by atoms with Gasteiger partial charge in [-0.3, -0.25) is 14.4 Å². The first kappa shape index (κ1) is 12.5. The number of nitrogens with one attached hydrogen (secondary N) is 1. The lowest BCUT2D eigenvalue weighted by Gasteiger charge is -2.21. The van der Waals surface area contributed by atoms with Crippen molar-refractivity contribution in [2.24, 2.45) is 5.41 Å². The molecule has 0 heterocycles. The fourth-order valence-electron chi connectivity index (χ4n) is 1.63. The van der Waals surface area contributed by atoms with E-state index >= 15 is 0 Å². The highest BCUT2D eigenvalue weighted by atomic mass is 16.4. The minimum atomic E-state index is -0.954. The summed E-state index contributed by atoms with van der Waals surface area (Å²) in [5.41, 5.74) is -0.929. The molecule has 90 valence electrons. The number of carbonyl (C=O) groups excluding carboxylic acids is 2. The molecule has 6 heteroatoms. The minimum absolute atomic E-state index is 0.105. The standard InChI is InChI=1S/C10H16N2O4/c1-11-8(15)10(4-5-10)9(16)12(2)6-3-7(13)14/h3-6H2,1-2H3,(H,11,15)(H,13,14). The Hall–Kier alpha value is -1.59. The zero-order valence-corrected chi connectivity index (χ0v) is 9.45. The third-order valence-corrected chi connectivity index (χ3v) is 2.83. The summed E-state index contributed by atoms with van der Waals surface area (Å²) in [5.74, 6) is -1.52. The number of amides is 2. The molecule has 2 amide bonds. The van der Waals surface area contributed by atoms with Gasteiger partial charge in [0.2, 0.25) is 11.8 Å². The van der Waals surface area contributed by atoms with Gasteiger partial charge in [-0.2, -0.15) is 0 Å². The van der Waals surface area contributed by atoms with Crippen molar-refractivity contribution >= 4 is 17.8 Å². The number of carbonyl (C=O) groups is 3. The van der Waals surface area contributed by atoms with Crippen molar-refractivity contribution in [3.63, 3.8) is 0 Å². The van der Waals surface area contributed by atoms with Gasteiger partial charge in [0.1, 0.15) is 5.41 Å². The first-order valence-corrected chi connectivity index (χ1v) is 5.13. The minimum Gasteiger partial charge on any atom is -0.481 e. The number of rotatable bonds is 5. The maximum absolute atomic E-state index is 11.9. The molecule has 0 atom stereocenters. The second kappa shape index (κ2) is 4.51. The summed E-state index contributed by atoms with van der Waals surface area (Å²) in [6.45, 7) is 0.132. The van der Waals surface area contributed by atoms with E-state index in [-0.39, 0.29) is 24.8 Å². The summed E-state index contributed by atoms with van der Waals surface area (Å²) in [6.07, 6.45) is 0.984. The second-order valence-electron chi connectivity index (χ2n) is 4.03. The molecule has 0 saturated heterocycles. The van der Waals surface area contributed by atoms with Gasteiger partial charge >= 0.3 is 5.97 Å². The maximum atomic E-state index is 11.9. The van der Waals surface area contributed by atoms with Gasteiger partial charge in [-0.1, -0.05) is 0 Å². The van der Waals surface area contributed by atoms with Crippen molar-refractivity contribution < 1.29 is 19.5 Å². The van der Waals surface area contributed by atoms with Crippen molar-refractivity contribution in [2.45, 2.75) is 19.3 Å². The van der Waals surface area contributed by atoms with Crippen LogP contribution in [0.15, 0.2) is 0 Å². The van der Waals surface area contributed by atoms with Crippen molar-refractivity contribution in [3.8, 4) is 0 Å². The van der Waals surface area contributed by atoms with E-state index in [1.807, 2.05) is 0 Å². The summed E-state index contributed by atoms with van der Waals surface area (Å²) < 4.78 is 0. The van der Waals surface area contributed by atoms with Crippen LogP contribution in [0, 0.1) is 5.41 Å². The van der Waals surface area contributed by atoms with Gasteiger partial charge in [0.25, 0.3) is 0 Å². The molecule has 0 unspecified atom stereocenters. The third-order valence-electron chi connectivity index (χ3n) is 2.83. The molecular formula is C10H16N2O4. The topological polar surface area (TPSA) is 86.7 Å². The maximum Gasteiger partial charge on any atom is 0.305 e. The zero-order chi connectivity index (χ0) is 12.3. The molecule has 16 heavy (non-hydrogen) atoms. The van der Waals surface area contributed by atoms with Crippen molar-refractivity contribution in [2.75, 3.05) is 20.6 Å². The molecule has 0 aromatic rings. The van der Waals surface area contributed by atoms with E-state index in [1.165, 1.54) is 19.0 Å². The van der Waals surface area contributed by atoms with Crippen molar-refractivity contribution in [1.82, 2.24) is 10.2 Å². The normalized spacial score (nSPS) is 16.4. The smallest absolute Gasteiger partial charge is 0.305 e. The summed E-state index contributed by atoms with van der Waals surface area (Å²) in [4.78, 5) is 35.1. The Bertz CT molecular complexity index is 323. The van der Waals surface area contributed by atoms with Gasteiger partial charge in [0, 0.05) is 20.6 Å². The highest BCUT2D eigenvalue weighted by Gasteiger charge is 2.57. The van der Waals surface area contributed by atoms with Crippen LogP contribution in [0.1, 0.15) is 19.3 Å². The molecule has 1 rings (SSSR count). The van der Waals surface area contributed by atoms with Crippen LogP contribution in [0.2, 0.25) is 0 Å². The Balaban J connectivity index is 2.57. The highest BCUT2D eigenvalue weighted by molar-refractivity contribution is 6.07. The molecule has 0 aliphatic heterocycles. The summed E-state index contributed by atoms with van der Waals surface area (Å²) >= 11 is 0. The first-order chi connectivity index (χ1) is 7.44. The van der Waals surface area contributed by atoms with Crippen molar-refractivity contribution in [3.05, 3.63) is 0 Å². The van der Waals surface area contributed by atoms with Crippen LogP contribution in [0.4, 0.5) is 0 Å². The van der Waals surface area contributed by atoms with E-state index < -0.39 is 11.4 Å². The molecule has 0 spiro atoms. The van der Waals surface area contributed by atoms with Gasteiger partial charge < -0.3 is 15.3 Å². The Morgan fingerprint density at radius 3 is 2.31 bits per heavy atom. The Kier molecular flexibility index (Phi) is 3.51. The predicted octanol–water partition coefficient (Wildman–Crippen LogP) is -0.554. The van der Waals surface area contributed by atoms with Crippen LogP contribution in [0.25, 0.3) is 0 Å². The molecule has 0 aromatic heterocycles. The molecule has 0 bridgehead atoms. The van der Waals surface area contributed by atoms with Crippen LogP contribution < -0.4 is 5.32 Å². The third kappa shape index (κ3) is 2.32. The van der Waals surface area contributed by atoms with Crippen LogP contribution in [-0.4, -0.2) is 48.4 Å². The average molecular weight is 228 g/mol. The fraction of sp³-hybridized carbons (Fsp3) is 0.700. The Morgan fingerprint density at radius 1 is 1.38 bits per heavy atom. The molecular weight excluding hydrogens is 212 g/mol. The largest absolute Gasteiger partial charge is 0.481 e. The lowest BCUT2D eigenvalue weighted by molar-refractivity contribution is -0.143. The molecule has 6 nitrogen and oxygen atoms in total. The number of carboxylic acids is 1. The van der Waals surface area contributed by atoms with Crippen LogP contribution in [0.3, 0.4) is 0 Å². The quantitative estimate of drug-likeness (QED) is 0.618. The van der Waals surface area contributed by atoms with Gasteiger partial charge in [-0.15, -0.1) is 0 Å². The summed E-state index contributed by atoms with van der Waals surface area (Å²) in [6, 6.07) is 0. The molecule has 1 aliphatic rings. The number of aliphatic carboxylic acids is 1.